The van der Waals surface area contributed by atoms with Crippen molar-refractivity contribution in [3.05, 3.63) is 16.3 Å². The summed E-state index contributed by atoms with van der Waals surface area (Å²) >= 11 is 0. The molecule has 1 N–H and O–H groups in total. The molecule has 24 heavy (non-hydrogen) atoms. The lowest BCUT2D eigenvalue weighted by Gasteiger charge is -2.21. The minimum absolute atomic E-state index is 0. The van der Waals surface area contributed by atoms with Crippen LogP contribution in [0.5, 0.6) is 0 Å². The smallest absolute Gasteiger partial charge is 0.341 e. The number of nitrogens with one attached hydrogen (secondary N) is 1. The van der Waals surface area contributed by atoms with Crippen molar-refractivity contribution in [2.75, 3.05) is 26.2 Å². The van der Waals surface area contributed by atoms with E-state index >= 15 is 0 Å². The lowest BCUT2D eigenvalue weighted by Crippen LogP contribution is -2.33. The Morgan fingerprint density at radius 1 is 1.21 bits per heavy atom. The summed E-state index contributed by atoms with van der Waals surface area (Å²) in [4.78, 5) is 26.0. The summed E-state index contributed by atoms with van der Waals surface area (Å²) in [6.07, 6.45) is 3.76. The topological polar surface area (TPSA) is 72.2 Å². The average molecular weight is 380 g/mol. The summed E-state index contributed by atoms with van der Waals surface area (Å²) in [6, 6.07) is 0. The summed E-state index contributed by atoms with van der Waals surface area (Å²) in [5, 5.41) is 7.96. The Labute approximate surface area is 154 Å². The molecule has 0 aliphatic carbocycles. The molecule has 2 fully saturated rings. The Morgan fingerprint density at radius 3 is 2.58 bits per heavy atom. The van der Waals surface area contributed by atoms with E-state index in [0.29, 0.717) is 32.0 Å². The fourth-order valence-electron chi connectivity index (χ4n) is 3.43. The van der Waals surface area contributed by atoms with Gasteiger partial charge in [0.1, 0.15) is 5.82 Å². The second kappa shape index (κ2) is 9.44. The van der Waals surface area contributed by atoms with Gasteiger partial charge in [-0.3, -0.25) is 9.36 Å². The Morgan fingerprint density at radius 2 is 2.00 bits per heavy atom. The van der Waals surface area contributed by atoms with Crippen LogP contribution in [-0.4, -0.2) is 51.3 Å². The third-order valence-corrected chi connectivity index (χ3v) is 4.68. The first-order valence-electron chi connectivity index (χ1n) is 8.36. The molecular weight excluding hydrogens is 353 g/mol. The lowest BCUT2D eigenvalue weighted by molar-refractivity contribution is -0.127. The largest absolute Gasteiger partial charge is 0.345 e. The molecule has 1 unspecified atom stereocenters. The van der Waals surface area contributed by atoms with Crippen LogP contribution in [0.3, 0.4) is 0 Å². The van der Waals surface area contributed by atoms with Crippen LogP contribution in [0, 0.1) is 0 Å². The van der Waals surface area contributed by atoms with Crippen molar-refractivity contribution in [1.29, 1.82) is 0 Å². The minimum atomic E-state index is -0.0466. The SMILES string of the molecule is CCn1c(C2CCCNC2)nn(CCN2CCCC2=O)c1=O.Cl.Cl. The van der Waals surface area contributed by atoms with Crippen molar-refractivity contribution in [2.45, 2.75) is 51.6 Å². The second-order valence-electron chi connectivity index (χ2n) is 6.14. The van der Waals surface area contributed by atoms with Crippen molar-refractivity contribution >= 4 is 30.7 Å². The number of carbonyl (C=O) groups excluding carboxylic acids is 1. The maximum atomic E-state index is 12.5. The summed E-state index contributed by atoms with van der Waals surface area (Å²) in [5.41, 5.74) is -0.0466. The molecule has 2 aliphatic rings. The van der Waals surface area contributed by atoms with E-state index in [2.05, 4.69) is 10.4 Å². The number of halogens is 2. The zero-order chi connectivity index (χ0) is 15.5. The van der Waals surface area contributed by atoms with Gasteiger partial charge in [-0.2, -0.15) is 5.10 Å². The third-order valence-electron chi connectivity index (χ3n) is 4.68. The van der Waals surface area contributed by atoms with Crippen molar-refractivity contribution in [3.63, 3.8) is 0 Å². The number of piperidine rings is 1. The highest BCUT2D eigenvalue weighted by Gasteiger charge is 2.24. The van der Waals surface area contributed by atoms with Crippen LogP contribution < -0.4 is 11.0 Å². The van der Waals surface area contributed by atoms with Gasteiger partial charge in [0.15, 0.2) is 0 Å². The minimum Gasteiger partial charge on any atom is -0.341 e. The molecule has 1 aromatic heterocycles. The zero-order valence-electron chi connectivity index (χ0n) is 14.1. The molecule has 9 heteroatoms. The highest BCUT2D eigenvalue weighted by molar-refractivity contribution is 5.85. The number of amides is 1. The molecule has 1 aromatic rings. The van der Waals surface area contributed by atoms with Gasteiger partial charge in [-0.05, 0) is 32.7 Å². The van der Waals surface area contributed by atoms with E-state index in [4.69, 9.17) is 0 Å². The van der Waals surface area contributed by atoms with Gasteiger partial charge in [-0.25, -0.2) is 9.48 Å². The third kappa shape index (κ3) is 4.32. The fraction of sp³-hybridized carbons (Fsp3) is 0.800. The van der Waals surface area contributed by atoms with E-state index in [1.165, 1.54) is 0 Å². The van der Waals surface area contributed by atoms with Crippen LogP contribution in [0.2, 0.25) is 0 Å². The molecule has 138 valence electrons. The first kappa shape index (κ1) is 21.0. The molecule has 0 saturated carbocycles. The number of hydrogen-bond donors (Lipinski definition) is 1. The molecule has 3 heterocycles. The van der Waals surface area contributed by atoms with E-state index in [0.717, 1.165) is 44.7 Å². The predicted molar refractivity (Wildman–Crippen MR) is 97.3 cm³/mol. The monoisotopic (exact) mass is 379 g/mol. The summed E-state index contributed by atoms with van der Waals surface area (Å²) in [6.45, 7) is 6.45. The van der Waals surface area contributed by atoms with Crippen LogP contribution >= 0.6 is 24.8 Å². The van der Waals surface area contributed by atoms with Crippen molar-refractivity contribution in [3.8, 4) is 0 Å². The molecule has 0 radical (unpaired) electrons. The maximum absolute atomic E-state index is 12.5. The summed E-state index contributed by atoms with van der Waals surface area (Å²) in [7, 11) is 0. The van der Waals surface area contributed by atoms with Crippen LogP contribution in [-0.2, 0) is 17.9 Å². The van der Waals surface area contributed by atoms with Gasteiger partial charge in [0.2, 0.25) is 5.91 Å². The van der Waals surface area contributed by atoms with Gasteiger partial charge in [0, 0.05) is 38.5 Å². The van der Waals surface area contributed by atoms with Gasteiger partial charge in [-0.15, -0.1) is 24.8 Å². The number of rotatable bonds is 5. The summed E-state index contributed by atoms with van der Waals surface area (Å²) in [5.74, 6) is 1.41. The molecule has 1 amide bonds. The van der Waals surface area contributed by atoms with E-state index in [-0.39, 0.29) is 36.4 Å². The molecule has 3 rings (SSSR count). The van der Waals surface area contributed by atoms with Crippen molar-refractivity contribution in [2.24, 2.45) is 0 Å². The van der Waals surface area contributed by atoms with E-state index in [1.54, 1.807) is 9.25 Å². The van der Waals surface area contributed by atoms with Gasteiger partial charge < -0.3 is 10.2 Å². The summed E-state index contributed by atoms with van der Waals surface area (Å²) < 4.78 is 3.32. The van der Waals surface area contributed by atoms with Gasteiger partial charge >= 0.3 is 5.69 Å². The zero-order valence-corrected chi connectivity index (χ0v) is 15.7. The van der Waals surface area contributed by atoms with E-state index < -0.39 is 0 Å². The first-order chi connectivity index (χ1) is 10.7. The number of hydrogen-bond acceptors (Lipinski definition) is 4. The molecule has 0 bridgehead atoms. The molecule has 0 spiro atoms. The van der Waals surface area contributed by atoms with Crippen molar-refractivity contribution in [1.82, 2.24) is 24.6 Å². The Balaban J connectivity index is 0.00000144. The molecule has 2 aliphatic heterocycles. The first-order valence-corrected chi connectivity index (χ1v) is 8.36. The van der Waals surface area contributed by atoms with Gasteiger partial charge in [-0.1, -0.05) is 0 Å². The Kier molecular flexibility index (Phi) is 8.26. The number of aromatic nitrogens is 3. The maximum Gasteiger partial charge on any atom is 0.345 e. The number of likely N-dealkylation sites (tertiary alicyclic amines) is 1. The molecular formula is C15H27Cl2N5O2. The standard InChI is InChI=1S/C15H25N5O2.2ClH/c1-2-19-14(12-5-3-7-16-11-12)17-20(15(19)22)10-9-18-8-4-6-13(18)21;;/h12,16H,2-11H2,1H3;2*1H. The lowest BCUT2D eigenvalue weighted by atomic mass is 9.99. The quantitative estimate of drug-likeness (QED) is 0.827. The van der Waals surface area contributed by atoms with E-state index in [1.807, 2.05) is 11.8 Å². The highest BCUT2D eigenvalue weighted by Crippen LogP contribution is 2.20. The normalized spacial score (nSPS) is 20.6. The van der Waals surface area contributed by atoms with Gasteiger partial charge in [0.05, 0.1) is 6.54 Å². The van der Waals surface area contributed by atoms with E-state index in [9.17, 15) is 9.59 Å². The average Bonchev–Trinajstić information content (AvgIpc) is 3.09. The number of nitrogens with zero attached hydrogens (tertiary/aromatic N) is 4. The predicted octanol–water partition coefficient (Wildman–Crippen LogP) is 0.998. The van der Waals surface area contributed by atoms with Crippen LogP contribution in [0.25, 0.3) is 0 Å². The Bertz CT molecular complexity index is 595. The highest BCUT2D eigenvalue weighted by atomic mass is 35.5. The number of carbonyl (C=O) groups is 1. The van der Waals surface area contributed by atoms with Gasteiger partial charge in [0.25, 0.3) is 0 Å². The molecule has 1 atom stereocenters. The second-order valence-corrected chi connectivity index (χ2v) is 6.14. The van der Waals surface area contributed by atoms with Crippen LogP contribution in [0.4, 0.5) is 0 Å². The molecule has 0 aromatic carbocycles. The van der Waals surface area contributed by atoms with Crippen LogP contribution in [0.1, 0.15) is 44.3 Å². The van der Waals surface area contributed by atoms with Crippen molar-refractivity contribution < 1.29 is 4.79 Å². The fourth-order valence-corrected chi connectivity index (χ4v) is 3.43. The molecule has 2 saturated heterocycles. The van der Waals surface area contributed by atoms with Crippen LogP contribution in [0.15, 0.2) is 4.79 Å². The Hall–Kier alpha value is -1.05. The molecule has 7 nitrogen and oxygen atoms in total.